The van der Waals surface area contributed by atoms with Crippen LogP contribution in [0.4, 0.5) is 8.78 Å². The van der Waals surface area contributed by atoms with E-state index in [1.807, 2.05) is 18.2 Å². The maximum atomic E-state index is 13.7. The molecule has 0 radical (unpaired) electrons. The van der Waals surface area contributed by atoms with E-state index in [1.165, 1.54) is 17.7 Å². The topological polar surface area (TPSA) is 36.9 Å². The summed E-state index contributed by atoms with van der Waals surface area (Å²) in [5, 5.41) is 3.28. The highest BCUT2D eigenvalue weighted by Gasteiger charge is 2.24. The summed E-state index contributed by atoms with van der Waals surface area (Å²) in [5.41, 5.74) is 1.68. The van der Waals surface area contributed by atoms with Crippen LogP contribution in [0.1, 0.15) is 17.5 Å². The zero-order chi connectivity index (χ0) is 19.8. The fourth-order valence-electron chi connectivity index (χ4n) is 3.44. The summed E-state index contributed by atoms with van der Waals surface area (Å²) >= 11 is 0. The maximum absolute atomic E-state index is 13.7. The van der Waals surface area contributed by atoms with Crippen molar-refractivity contribution in [3.05, 3.63) is 71.3 Å². The van der Waals surface area contributed by atoms with Crippen LogP contribution in [0.5, 0.6) is 0 Å². The fraction of sp³-hybridized carbons (Fsp3) is 0.409. The zero-order valence-corrected chi connectivity index (χ0v) is 18.9. The predicted molar refractivity (Wildman–Crippen MR) is 123 cm³/mol. The Balaban J connectivity index is 0.00000300. The number of ether oxygens (including phenoxy) is 1. The monoisotopic (exact) mass is 515 g/mol. The van der Waals surface area contributed by atoms with Crippen LogP contribution in [0.15, 0.2) is 53.5 Å². The zero-order valence-electron chi connectivity index (χ0n) is 16.6. The van der Waals surface area contributed by atoms with E-state index in [-0.39, 0.29) is 24.0 Å². The van der Waals surface area contributed by atoms with Gasteiger partial charge in [-0.1, -0.05) is 36.4 Å². The van der Waals surface area contributed by atoms with Crippen molar-refractivity contribution in [3.8, 4) is 0 Å². The summed E-state index contributed by atoms with van der Waals surface area (Å²) in [5.74, 6) is 0.223. The Morgan fingerprint density at radius 1 is 1.21 bits per heavy atom. The standard InChI is InChI=1S/C22H27F2N3O.HI/c1-25-22(26-11-9-19-7-8-20(23)13-21(19)24)27-12-10-18(14-27)16-28-15-17-5-3-2-4-6-17;/h2-8,13,18H,9-12,14-16H2,1H3,(H,25,26);1H. The van der Waals surface area contributed by atoms with E-state index in [4.69, 9.17) is 4.74 Å². The Kier molecular flexibility index (Phi) is 9.80. The first-order chi connectivity index (χ1) is 13.7. The number of nitrogens with zero attached hydrogens (tertiary/aromatic N) is 2. The molecule has 1 unspecified atom stereocenters. The molecule has 1 heterocycles. The molecule has 1 N–H and O–H groups in total. The number of halogens is 3. The van der Waals surface area contributed by atoms with Crippen LogP contribution in [-0.4, -0.2) is 44.1 Å². The normalized spacial score (nSPS) is 16.6. The molecule has 29 heavy (non-hydrogen) atoms. The number of aliphatic imine (C=N–C) groups is 1. The van der Waals surface area contributed by atoms with Crippen molar-refractivity contribution in [3.63, 3.8) is 0 Å². The third kappa shape index (κ3) is 7.22. The Hall–Kier alpha value is -1.74. The fourth-order valence-corrected chi connectivity index (χ4v) is 3.44. The lowest BCUT2D eigenvalue weighted by Gasteiger charge is -2.22. The summed E-state index contributed by atoms with van der Waals surface area (Å²) < 4.78 is 32.6. The van der Waals surface area contributed by atoms with Gasteiger partial charge in [-0.25, -0.2) is 8.78 Å². The van der Waals surface area contributed by atoms with Crippen molar-refractivity contribution >= 4 is 29.9 Å². The number of hydrogen-bond donors (Lipinski definition) is 1. The molecular formula is C22H28F2IN3O. The van der Waals surface area contributed by atoms with Crippen molar-refractivity contribution in [1.82, 2.24) is 10.2 Å². The van der Waals surface area contributed by atoms with E-state index < -0.39 is 11.6 Å². The van der Waals surface area contributed by atoms with Gasteiger partial charge in [-0.15, -0.1) is 24.0 Å². The molecule has 3 rings (SSSR count). The van der Waals surface area contributed by atoms with Crippen LogP contribution in [0, 0.1) is 17.6 Å². The first-order valence-electron chi connectivity index (χ1n) is 9.67. The Morgan fingerprint density at radius 2 is 2.00 bits per heavy atom. The molecule has 0 bridgehead atoms. The molecule has 2 aromatic rings. The minimum absolute atomic E-state index is 0. The van der Waals surface area contributed by atoms with Gasteiger partial charge in [-0.2, -0.15) is 0 Å². The van der Waals surface area contributed by atoms with E-state index in [0.29, 0.717) is 31.1 Å². The lowest BCUT2D eigenvalue weighted by molar-refractivity contribution is 0.0907. The van der Waals surface area contributed by atoms with Gasteiger partial charge in [0.2, 0.25) is 0 Å². The number of guanidine groups is 1. The van der Waals surface area contributed by atoms with Crippen LogP contribution in [0.3, 0.4) is 0 Å². The van der Waals surface area contributed by atoms with Gasteiger partial charge in [0, 0.05) is 38.7 Å². The van der Waals surface area contributed by atoms with E-state index in [1.54, 1.807) is 7.05 Å². The summed E-state index contributed by atoms with van der Waals surface area (Å²) in [4.78, 5) is 6.54. The smallest absolute Gasteiger partial charge is 0.193 e. The van der Waals surface area contributed by atoms with Gasteiger partial charge in [0.05, 0.1) is 13.2 Å². The highest BCUT2D eigenvalue weighted by Crippen LogP contribution is 2.17. The SMILES string of the molecule is CN=C(NCCc1ccc(F)cc1F)N1CCC(COCc2ccccc2)C1.I. The number of rotatable bonds is 7. The second kappa shape index (κ2) is 12.1. The van der Waals surface area contributed by atoms with Gasteiger partial charge in [-0.3, -0.25) is 4.99 Å². The molecule has 0 aromatic heterocycles. The van der Waals surface area contributed by atoms with Gasteiger partial charge in [0.1, 0.15) is 11.6 Å². The van der Waals surface area contributed by atoms with Gasteiger partial charge >= 0.3 is 0 Å². The summed E-state index contributed by atoms with van der Waals surface area (Å²) in [7, 11) is 1.75. The van der Waals surface area contributed by atoms with Crippen molar-refractivity contribution in [2.24, 2.45) is 10.9 Å². The quantitative estimate of drug-likeness (QED) is 0.341. The first-order valence-corrected chi connectivity index (χ1v) is 9.67. The van der Waals surface area contributed by atoms with Crippen molar-refractivity contribution in [2.45, 2.75) is 19.4 Å². The summed E-state index contributed by atoms with van der Waals surface area (Å²) in [6.45, 7) is 3.71. The van der Waals surface area contributed by atoms with Crippen LogP contribution in [0.25, 0.3) is 0 Å². The number of benzene rings is 2. The van der Waals surface area contributed by atoms with Crippen LogP contribution in [0.2, 0.25) is 0 Å². The van der Waals surface area contributed by atoms with E-state index in [9.17, 15) is 8.78 Å². The second-order valence-corrected chi connectivity index (χ2v) is 7.06. The molecule has 4 nitrogen and oxygen atoms in total. The molecule has 1 aliphatic heterocycles. The molecule has 1 saturated heterocycles. The van der Waals surface area contributed by atoms with Crippen molar-refractivity contribution in [1.29, 1.82) is 0 Å². The summed E-state index contributed by atoms with van der Waals surface area (Å²) in [6, 6.07) is 13.9. The minimum atomic E-state index is -0.553. The molecule has 1 atom stereocenters. The van der Waals surface area contributed by atoms with E-state index in [2.05, 4.69) is 27.3 Å². The molecule has 0 spiro atoms. The van der Waals surface area contributed by atoms with Crippen LogP contribution < -0.4 is 5.32 Å². The molecule has 158 valence electrons. The third-order valence-corrected chi connectivity index (χ3v) is 4.95. The highest BCUT2D eigenvalue weighted by molar-refractivity contribution is 14.0. The molecule has 7 heteroatoms. The molecule has 1 fully saturated rings. The van der Waals surface area contributed by atoms with Crippen LogP contribution in [-0.2, 0) is 17.8 Å². The summed E-state index contributed by atoms with van der Waals surface area (Å²) in [6.07, 6.45) is 1.53. The van der Waals surface area contributed by atoms with Crippen LogP contribution >= 0.6 is 24.0 Å². The lowest BCUT2D eigenvalue weighted by atomic mass is 10.1. The lowest BCUT2D eigenvalue weighted by Crippen LogP contribution is -2.41. The Morgan fingerprint density at radius 3 is 2.72 bits per heavy atom. The van der Waals surface area contributed by atoms with E-state index >= 15 is 0 Å². The van der Waals surface area contributed by atoms with Gasteiger partial charge < -0.3 is 15.0 Å². The molecule has 0 saturated carbocycles. The average Bonchev–Trinajstić information content (AvgIpc) is 3.16. The molecule has 1 aliphatic rings. The van der Waals surface area contributed by atoms with Crippen molar-refractivity contribution < 1.29 is 13.5 Å². The third-order valence-electron chi connectivity index (χ3n) is 4.95. The highest BCUT2D eigenvalue weighted by atomic mass is 127. The van der Waals surface area contributed by atoms with Gasteiger partial charge in [-0.05, 0) is 30.0 Å². The number of hydrogen-bond acceptors (Lipinski definition) is 2. The largest absolute Gasteiger partial charge is 0.376 e. The average molecular weight is 515 g/mol. The maximum Gasteiger partial charge on any atom is 0.193 e. The number of nitrogens with one attached hydrogen (secondary N) is 1. The molecule has 2 aromatic carbocycles. The number of likely N-dealkylation sites (tertiary alicyclic amines) is 1. The first kappa shape index (κ1) is 23.5. The molecular weight excluding hydrogens is 487 g/mol. The Bertz CT molecular complexity index is 789. The minimum Gasteiger partial charge on any atom is -0.376 e. The van der Waals surface area contributed by atoms with Gasteiger partial charge in [0.15, 0.2) is 5.96 Å². The molecule has 0 amide bonds. The Labute approximate surface area is 188 Å². The second-order valence-electron chi connectivity index (χ2n) is 7.06. The van der Waals surface area contributed by atoms with E-state index in [0.717, 1.165) is 38.1 Å². The molecule has 0 aliphatic carbocycles. The predicted octanol–water partition coefficient (Wildman–Crippen LogP) is 4.24. The van der Waals surface area contributed by atoms with Gasteiger partial charge in [0.25, 0.3) is 0 Å². The van der Waals surface area contributed by atoms with Crippen molar-refractivity contribution in [2.75, 3.05) is 33.3 Å².